The van der Waals surface area contributed by atoms with Crippen molar-refractivity contribution in [3.05, 3.63) is 48.5 Å². The van der Waals surface area contributed by atoms with Crippen molar-refractivity contribution in [2.24, 2.45) is 5.41 Å². The molecule has 0 bridgehead atoms. The minimum Gasteiger partial charge on any atom is -0.386 e. The van der Waals surface area contributed by atoms with Gasteiger partial charge in [-0.1, -0.05) is 55.9 Å². The Bertz CT molecular complexity index is 2000. The molecular formula is C28H40N7O17P3S. The van der Waals surface area contributed by atoms with Gasteiger partial charge in [0.05, 0.1) is 19.5 Å². The first-order chi connectivity index (χ1) is 26.1. The van der Waals surface area contributed by atoms with Crippen molar-refractivity contribution < 1.29 is 80.5 Å². The zero-order valence-electron chi connectivity index (χ0n) is 29.5. The molecule has 0 saturated carbocycles. The number of carbonyl (C=O) groups excluding carboxylic acids is 3. The van der Waals surface area contributed by atoms with E-state index in [2.05, 4.69) is 34.4 Å². The van der Waals surface area contributed by atoms with Crippen LogP contribution in [0.5, 0.6) is 0 Å². The van der Waals surface area contributed by atoms with Gasteiger partial charge in [-0.3, -0.25) is 32.5 Å². The maximum absolute atomic E-state index is 12.7. The highest BCUT2D eigenvalue weighted by molar-refractivity contribution is 8.14. The minimum atomic E-state index is -5.57. The number of hydrogen-bond acceptors (Lipinski definition) is 18. The van der Waals surface area contributed by atoms with Crippen LogP contribution in [0.1, 0.15) is 36.9 Å². The van der Waals surface area contributed by atoms with Gasteiger partial charge in [0.2, 0.25) is 16.9 Å². The number of phosphoric acid groups is 3. The van der Waals surface area contributed by atoms with Crippen molar-refractivity contribution in [3.8, 4) is 0 Å². The number of nitrogens with two attached hydrogens (primary N) is 1. The fraction of sp³-hybridized carbons (Fsp3) is 0.500. The number of aromatic nitrogens is 4. The Balaban J connectivity index is 1.23. The van der Waals surface area contributed by atoms with Gasteiger partial charge < -0.3 is 50.9 Å². The summed E-state index contributed by atoms with van der Waals surface area (Å²) < 4.78 is 62.1. The molecule has 4 rings (SSSR count). The summed E-state index contributed by atoms with van der Waals surface area (Å²) in [5.74, 6) is -1.17. The van der Waals surface area contributed by atoms with Gasteiger partial charge in [0.15, 0.2) is 17.7 Å². The molecule has 1 aliphatic rings. The fourth-order valence-electron chi connectivity index (χ4n) is 4.93. The summed E-state index contributed by atoms with van der Waals surface area (Å²) in [6.45, 7) is 0.448. The number of nitrogens with one attached hydrogen (secondary N) is 2. The number of imidazole rings is 1. The summed E-state index contributed by atoms with van der Waals surface area (Å²) in [6, 6.07) is 8.58. The highest BCUT2D eigenvalue weighted by Gasteiger charge is 2.50. The molecule has 28 heteroatoms. The van der Waals surface area contributed by atoms with Crippen LogP contribution < -0.4 is 16.4 Å². The third-order valence-corrected chi connectivity index (χ3v) is 11.8. The zero-order chi connectivity index (χ0) is 41.5. The number of aliphatic hydroxyl groups is 2. The average Bonchev–Trinajstić information content (AvgIpc) is 3.68. The van der Waals surface area contributed by atoms with Crippen molar-refractivity contribution >= 4 is 69.1 Å². The summed E-state index contributed by atoms with van der Waals surface area (Å²) in [4.78, 5) is 87.7. The van der Waals surface area contributed by atoms with E-state index in [9.17, 15) is 57.9 Å². The second-order valence-corrected chi connectivity index (χ2v) is 17.9. The van der Waals surface area contributed by atoms with Gasteiger partial charge in [-0.2, -0.15) is 4.31 Å². The number of benzene rings is 1. The largest absolute Gasteiger partial charge is 0.481 e. The van der Waals surface area contributed by atoms with Crippen LogP contribution in [0.25, 0.3) is 11.2 Å². The maximum atomic E-state index is 12.7. The van der Waals surface area contributed by atoms with Crippen molar-refractivity contribution in [2.75, 3.05) is 37.8 Å². The lowest BCUT2D eigenvalue weighted by molar-refractivity contribution is -0.137. The number of rotatable bonds is 20. The van der Waals surface area contributed by atoms with Gasteiger partial charge in [-0.25, -0.2) is 28.6 Å². The smallest absolute Gasteiger partial charge is 0.386 e. The average molecular weight is 872 g/mol. The summed E-state index contributed by atoms with van der Waals surface area (Å²) in [6.07, 6.45) is -6.94. The van der Waals surface area contributed by atoms with Gasteiger partial charge in [-0.15, -0.1) is 0 Å². The number of amides is 2. The second-order valence-electron chi connectivity index (χ2n) is 12.6. The van der Waals surface area contributed by atoms with Crippen molar-refractivity contribution in [1.82, 2.24) is 30.2 Å². The van der Waals surface area contributed by atoms with Crippen molar-refractivity contribution in [3.63, 3.8) is 0 Å². The molecule has 24 nitrogen and oxygen atoms in total. The van der Waals surface area contributed by atoms with Crippen LogP contribution >= 0.6 is 35.2 Å². The molecule has 1 saturated heterocycles. The Morgan fingerprint density at radius 2 is 1.70 bits per heavy atom. The van der Waals surface area contributed by atoms with Crippen LogP contribution in [0.15, 0.2) is 43.0 Å². The first-order valence-corrected chi connectivity index (χ1v) is 21.7. The highest BCUT2D eigenvalue weighted by atomic mass is 32.2. The first kappa shape index (κ1) is 45.5. The van der Waals surface area contributed by atoms with E-state index in [0.717, 1.165) is 29.0 Å². The lowest BCUT2D eigenvalue weighted by atomic mass is 9.87. The molecule has 0 aliphatic carbocycles. The van der Waals surface area contributed by atoms with Gasteiger partial charge in [0.1, 0.15) is 36.3 Å². The van der Waals surface area contributed by atoms with E-state index in [1.54, 1.807) is 30.3 Å². The number of phosphoric ester groups is 3. The first-order valence-electron chi connectivity index (χ1n) is 16.2. The van der Waals surface area contributed by atoms with Crippen molar-refractivity contribution in [1.29, 1.82) is 0 Å². The Morgan fingerprint density at radius 3 is 2.38 bits per heavy atom. The van der Waals surface area contributed by atoms with E-state index >= 15 is 0 Å². The van der Waals surface area contributed by atoms with Gasteiger partial charge in [-0.05, 0) is 0 Å². The SMILES string of the molecule is CC(C)(COP(=O)(O)OP(=O)(O)OC[C@H]1O[C@@H](n2cnc3c(N)ncnc32)[C@H](O)[C@@H]1OP(=O)(O)O)C(O)C(=O)NCCC(=O)NCCSC(=O)c1ccccc1. The normalized spacial score (nSPS) is 21.6. The third kappa shape index (κ3) is 12.9. The van der Waals surface area contributed by atoms with E-state index in [4.69, 9.17) is 19.5 Å². The number of thioether (sulfide) groups is 1. The Labute approximate surface area is 321 Å². The Kier molecular flexibility index (Phi) is 15.4. The van der Waals surface area contributed by atoms with Gasteiger partial charge in [0, 0.05) is 36.2 Å². The molecule has 7 atom stereocenters. The van der Waals surface area contributed by atoms with E-state index in [1.165, 1.54) is 13.8 Å². The van der Waals surface area contributed by atoms with E-state index in [1.807, 2.05) is 0 Å². The molecule has 310 valence electrons. The minimum absolute atomic E-state index is 0.0292. The predicted octanol–water partition coefficient (Wildman–Crippen LogP) is -0.0215. The molecule has 0 radical (unpaired) electrons. The maximum Gasteiger partial charge on any atom is 0.481 e. The molecular weight excluding hydrogens is 831 g/mol. The number of ether oxygens (including phenoxy) is 1. The molecule has 3 aromatic rings. The van der Waals surface area contributed by atoms with Crippen LogP contribution in [0.4, 0.5) is 5.82 Å². The summed E-state index contributed by atoms with van der Waals surface area (Å²) in [7, 11) is -16.4. The second kappa shape index (κ2) is 19.0. The third-order valence-electron chi connectivity index (χ3n) is 7.74. The highest BCUT2D eigenvalue weighted by Crippen LogP contribution is 2.61. The molecule has 1 aromatic carbocycles. The van der Waals surface area contributed by atoms with Crippen molar-refractivity contribution in [2.45, 2.75) is 50.9 Å². The van der Waals surface area contributed by atoms with Gasteiger partial charge in [0.25, 0.3) is 0 Å². The number of carbonyl (C=O) groups is 3. The molecule has 3 heterocycles. The van der Waals surface area contributed by atoms with E-state index < -0.39 is 84.6 Å². The summed E-state index contributed by atoms with van der Waals surface area (Å²) in [5.41, 5.74) is 4.78. The molecule has 56 heavy (non-hydrogen) atoms. The predicted molar refractivity (Wildman–Crippen MR) is 193 cm³/mol. The summed E-state index contributed by atoms with van der Waals surface area (Å²) >= 11 is 1.02. The van der Waals surface area contributed by atoms with Gasteiger partial charge >= 0.3 is 23.5 Å². The number of fused-ring (bicyclic) bond motifs is 1. The lowest BCUT2D eigenvalue weighted by Gasteiger charge is -2.30. The molecule has 2 amide bonds. The molecule has 10 N–H and O–H groups in total. The number of hydrogen-bond donors (Lipinski definition) is 9. The van der Waals surface area contributed by atoms with Crippen LogP contribution in [0.2, 0.25) is 0 Å². The molecule has 1 fully saturated rings. The Hall–Kier alpha value is -3.22. The quantitative estimate of drug-likeness (QED) is 0.0532. The summed E-state index contributed by atoms with van der Waals surface area (Å²) in [5, 5.41) is 26.2. The van der Waals surface area contributed by atoms with E-state index in [0.29, 0.717) is 11.3 Å². The number of nitrogens with zero attached hydrogens (tertiary/aromatic N) is 4. The van der Waals surface area contributed by atoms with Crippen LogP contribution in [-0.2, 0) is 45.9 Å². The number of anilines is 1. The monoisotopic (exact) mass is 871 g/mol. The van der Waals surface area contributed by atoms with Crippen LogP contribution in [0.3, 0.4) is 0 Å². The molecule has 1 aliphatic heterocycles. The van der Waals surface area contributed by atoms with Crippen LogP contribution in [0, 0.1) is 5.41 Å². The molecule has 2 aromatic heterocycles. The lowest BCUT2D eigenvalue weighted by Crippen LogP contribution is -2.46. The number of nitrogen functional groups attached to an aromatic ring is 1. The fourth-order valence-corrected chi connectivity index (χ4v) is 8.45. The topological polar surface area (TPSA) is 364 Å². The van der Waals surface area contributed by atoms with E-state index in [-0.39, 0.29) is 41.6 Å². The molecule has 0 spiro atoms. The standard InChI is InChI=1S/C28H40N7O17P3S/c1-28(2,22(38)25(39)31-9-8-18(36)30-10-11-56-27(40)16-6-4-3-5-7-16)13-49-55(46,47)52-54(44,45)48-12-17-21(51-53(41,42)43)20(37)26(50-17)35-15-34-19-23(29)32-14-33-24(19)35/h3-7,14-15,17,20-22,26,37-38H,8-13H2,1-2H3,(H,30,36)(H,31,39)(H,44,45)(H,46,47)(H2,29,32,33)(H2,41,42,43)/t17-,20-,21-,22?,26-/m1/s1. The zero-order valence-corrected chi connectivity index (χ0v) is 33.0. The molecule has 3 unspecified atom stereocenters. The Morgan fingerprint density at radius 1 is 1.02 bits per heavy atom. The van der Waals surface area contributed by atoms with Crippen LogP contribution in [-0.4, -0.2) is 123 Å². The number of aliphatic hydroxyl groups excluding tert-OH is 2.